The van der Waals surface area contributed by atoms with E-state index in [9.17, 15) is 4.39 Å². The second kappa shape index (κ2) is 6.99. The first kappa shape index (κ1) is 16.3. The molecule has 25 heavy (non-hydrogen) atoms. The van der Waals surface area contributed by atoms with E-state index in [1.807, 2.05) is 5.38 Å². The number of aromatic nitrogens is 3. The Bertz CT molecular complexity index is 847. The van der Waals surface area contributed by atoms with E-state index in [-0.39, 0.29) is 11.9 Å². The molecule has 1 aliphatic rings. The van der Waals surface area contributed by atoms with Gasteiger partial charge < -0.3 is 9.84 Å². The molecule has 1 fully saturated rings. The van der Waals surface area contributed by atoms with Crippen LogP contribution in [0.2, 0.25) is 0 Å². The first-order valence-corrected chi connectivity index (χ1v) is 9.01. The molecular formula is C17H18FN5OS. The van der Waals surface area contributed by atoms with Crippen LogP contribution in [0.4, 0.5) is 4.39 Å². The maximum atomic E-state index is 13.0. The molecule has 1 unspecified atom stereocenters. The lowest BCUT2D eigenvalue weighted by atomic mass is 10.1. The monoisotopic (exact) mass is 359 g/mol. The standard InChI is InChI=1S/C17H18FN5OS/c1-23-7-6-19-9-14(23)16-21-17(24-22-16)13-10-25-15(20-13)8-11-2-4-12(18)5-3-11/h2-5,10,14,19H,6-9H2,1H3. The van der Waals surface area contributed by atoms with E-state index >= 15 is 0 Å². The molecule has 1 N–H and O–H groups in total. The Kier molecular flexibility index (Phi) is 4.56. The molecule has 1 atom stereocenters. The third-order valence-corrected chi connectivity index (χ3v) is 5.14. The summed E-state index contributed by atoms with van der Waals surface area (Å²) in [4.78, 5) is 11.3. The Morgan fingerprint density at radius 2 is 2.16 bits per heavy atom. The number of hydrogen-bond acceptors (Lipinski definition) is 7. The fourth-order valence-corrected chi connectivity index (χ4v) is 3.64. The minimum Gasteiger partial charge on any atom is -0.332 e. The van der Waals surface area contributed by atoms with Crippen LogP contribution in [0.5, 0.6) is 0 Å². The van der Waals surface area contributed by atoms with E-state index < -0.39 is 0 Å². The van der Waals surface area contributed by atoms with Gasteiger partial charge in [0.2, 0.25) is 0 Å². The van der Waals surface area contributed by atoms with Gasteiger partial charge in [0.25, 0.3) is 5.89 Å². The van der Waals surface area contributed by atoms with Crippen LogP contribution in [-0.2, 0) is 6.42 Å². The Balaban J connectivity index is 1.49. The summed E-state index contributed by atoms with van der Waals surface area (Å²) >= 11 is 1.53. The van der Waals surface area contributed by atoms with Crippen molar-refractivity contribution in [1.82, 2.24) is 25.3 Å². The summed E-state index contributed by atoms with van der Waals surface area (Å²) in [7, 11) is 2.06. The number of benzene rings is 1. The van der Waals surface area contributed by atoms with Crippen molar-refractivity contribution < 1.29 is 8.91 Å². The molecular weight excluding hydrogens is 341 g/mol. The SMILES string of the molecule is CN1CCNCC1c1noc(-c2csc(Cc3ccc(F)cc3)n2)n1. The fourth-order valence-electron chi connectivity index (χ4n) is 2.84. The molecule has 4 rings (SSSR count). The van der Waals surface area contributed by atoms with Crippen LogP contribution >= 0.6 is 11.3 Å². The van der Waals surface area contributed by atoms with Gasteiger partial charge in [-0.25, -0.2) is 9.37 Å². The average molecular weight is 359 g/mol. The molecule has 3 heterocycles. The topological polar surface area (TPSA) is 67.1 Å². The third-order valence-electron chi connectivity index (χ3n) is 4.29. The van der Waals surface area contributed by atoms with Gasteiger partial charge in [0.15, 0.2) is 5.82 Å². The molecule has 6 nitrogen and oxygen atoms in total. The zero-order valence-corrected chi connectivity index (χ0v) is 14.6. The van der Waals surface area contributed by atoms with Crippen molar-refractivity contribution >= 4 is 11.3 Å². The van der Waals surface area contributed by atoms with E-state index in [1.165, 1.54) is 23.5 Å². The lowest BCUT2D eigenvalue weighted by Gasteiger charge is -2.30. The third kappa shape index (κ3) is 3.60. The van der Waals surface area contributed by atoms with Crippen LogP contribution in [0, 0.1) is 5.82 Å². The van der Waals surface area contributed by atoms with Crippen LogP contribution in [-0.4, -0.2) is 46.7 Å². The maximum Gasteiger partial charge on any atom is 0.277 e. The van der Waals surface area contributed by atoms with Crippen LogP contribution in [0.15, 0.2) is 34.2 Å². The minimum absolute atomic E-state index is 0.114. The Labute approximate surface area is 148 Å². The van der Waals surface area contributed by atoms with Gasteiger partial charge in [-0.2, -0.15) is 4.98 Å². The molecule has 1 aromatic carbocycles. The number of piperazine rings is 1. The van der Waals surface area contributed by atoms with Crippen molar-refractivity contribution in [2.24, 2.45) is 0 Å². The molecule has 0 bridgehead atoms. The van der Waals surface area contributed by atoms with Gasteiger partial charge in [-0.3, -0.25) is 4.90 Å². The van der Waals surface area contributed by atoms with Gasteiger partial charge in [-0.05, 0) is 24.7 Å². The summed E-state index contributed by atoms with van der Waals surface area (Å²) in [5.74, 6) is 0.887. The number of halogens is 1. The Morgan fingerprint density at radius 1 is 1.32 bits per heavy atom. The quantitative estimate of drug-likeness (QED) is 0.772. The predicted molar refractivity (Wildman–Crippen MR) is 92.9 cm³/mol. The number of likely N-dealkylation sites (N-methyl/N-ethyl adjacent to an activating group) is 1. The molecule has 1 saturated heterocycles. The second-order valence-electron chi connectivity index (χ2n) is 6.09. The average Bonchev–Trinajstić information content (AvgIpc) is 3.27. The summed E-state index contributed by atoms with van der Waals surface area (Å²) < 4.78 is 18.4. The van der Waals surface area contributed by atoms with Crippen LogP contribution in [0.25, 0.3) is 11.6 Å². The van der Waals surface area contributed by atoms with Crippen molar-refractivity contribution in [1.29, 1.82) is 0 Å². The number of nitrogens with one attached hydrogen (secondary N) is 1. The highest BCUT2D eigenvalue weighted by atomic mass is 32.1. The molecule has 8 heteroatoms. The van der Waals surface area contributed by atoms with E-state index in [0.29, 0.717) is 23.8 Å². The number of nitrogens with zero attached hydrogens (tertiary/aromatic N) is 4. The first-order chi connectivity index (χ1) is 12.2. The molecule has 0 aliphatic carbocycles. The van der Waals surface area contributed by atoms with Crippen molar-refractivity contribution in [2.45, 2.75) is 12.5 Å². The largest absolute Gasteiger partial charge is 0.332 e. The van der Waals surface area contributed by atoms with Gasteiger partial charge in [0.1, 0.15) is 11.5 Å². The van der Waals surface area contributed by atoms with Crippen molar-refractivity contribution in [3.05, 3.63) is 51.9 Å². The zero-order chi connectivity index (χ0) is 17.2. The number of rotatable bonds is 4. The molecule has 0 spiro atoms. The molecule has 130 valence electrons. The highest BCUT2D eigenvalue weighted by Gasteiger charge is 2.26. The maximum absolute atomic E-state index is 13.0. The van der Waals surface area contributed by atoms with Gasteiger partial charge in [0, 0.05) is 31.4 Å². The van der Waals surface area contributed by atoms with Gasteiger partial charge in [0.05, 0.1) is 11.0 Å². The van der Waals surface area contributed by atoms with Crippen molar-refractivity contribution in [3.8, 4) is 11.6 Å². The van der Waals surface area contributed by atoms with Crippen LogP contribution in [0.3, 0.4) is 0 Å². The predicted octanol–water partition coefficient (Wildman–Crippen LogP) is 2.50. The second-order valence-corrected chi connectivity index (χ2v) is 7.03. The van der Waals surface area contributed by atoms with E-state index in [1.54, 1.807) is 12.1 Å². The van der Waals surface area contributed by atoms with Gasteiger partial charge in [-0.15, -0.1) is 11.3 Å². The van der Waals surface area contributed by atoms with Crippen molar-refractivity contribution in [3.63, 3.8) is 0 Å². The summed E-state index contributed by atoms with van der Waals surface area (Å²) in [5.41, 5.74) is 1.70. The minimum atomic E-state index is -0.232. The summed E-state index contributed by atoms with van der Waals surface area (Å²) in [6, 6.07) is 6.58. The zero-order valence-electron chi connectivity index (χ0n) is 13.8. The first-order valence-electron chi connectivity index (χ1n) is 8.13. The molecule has 0 saturated carbocycles. The number of hydrogen-bond donors (Lipinski definition) is 1. The Hall–Kier alpha value is -2.16. The van der Waals surface area contributed by atoms with Gasteiger partial charge in [-0.1, -0.05) is 17.3 Å². The molecule has 0 amide bonds. The van der Waals surface area contributed by atoms with Gasteiger partial charge >= 0.3 is 0 Å². The fraction of sp³-hybridized carbons (Fsp3) is 0.353. The summed E-state index contributed by atoms with van der Waals surface area (Å²) in [6.07, 6.45) is 0.654. The molecule has 0 radical (unpaired) electrons. The van der Waals surface area contributed by atoms with E-state index in [2.05, 4.69) is 32.4 Å². The molecule has 1 aliphatic heterocycles. The molecule has 3 aromatic rings. The molecule has 2 aromatic heterocycles. The number of thiazole rings is 1. The lowest BCUT2D eigenvalue weighted by molar-refractivity contribution is 0.190. The van der Waals surface area contributed by atoms with E-state index in [4.69, 9.17) is 4.52 Å². The highest BCUT2D eigenvalue weighted by molar-refractivity contribution is 7.10. The van der Waals surface area contributed by atoms with Crippen molar-refractivity contribution in [2.75, 3.05) is 26.7 Å². The highest BCUT2D eigenvalue weighted by Crippen LogP contribution is 2.25. The van der Waals surface area contributed by atoms with Crippen LogP contribution < -0.4 is 5.32 Å². The Morgan fingerprint density at radius 3 is 2.96 bits per heavy atom. The smallest absolute Gasteiger partial charge is 0.277 e. The van der Waals surface area contributed by atoms with Crippen LogP contribution in [0.1, 0.15) is 22.4 Å². The summed E-state index contributed by atoms with van der Waals surface area (Å²) in [6.45, 7) is 2.73. The lowest BCUT2D eigenvalue weighted by Crippen LogP contribution is -2.44. The van der Waals surface area contributed by atoms with E-state index in [0.717, 1.165) is 30.2 Å². The summed E-state index contributed by atoms with van der Waals surface area (Å²) in [5, 5.41) is 10.3. The normalized spacial score (nSPS) is 18.6.